The van der Waals surface area contributed by atoms with Crippen molar-refractivity contribution in [3.8, 4) is 0 Å². The number of carbonyl (C=O) groups is 9. The molecular formula is C43H75N5O13. The van der Waals surface area contributed by atoms with Crippen LogP contribution >= 0.6 is 0 Å². The van der Waals surface area contributed by atoms with Crippen molar-refractivity contribution in [2.45, 2.75) is 198 Å². The Balaban J connectivity index is 4.42. The Morgan fingerprint density at radius 1 is 0.459 bits per heavy atom. The number of hydrogen-bond donors (Lipinski definition) is 9. The number of amides is 4. The molecule has 0 saturated heterocycles. The molecule has 0 heterocycles. The molecule has 0 aromatic rings. The Morgan fingerprint density at radius 2 is 0.902 bits per heavy atom. The summed E-state index contributed by atoms with van der Waals surface area (Å²) in [5.41, 5.74) is 5.91. The Bertz CT molecular complexity index is 1350. The summed E-state index contributed by atoms with van der Waals surface area (Å²) in [5, 5.41) is 47.4. The number of Topliss-reactive ketones (excluding diaryl/α,β-unsaturated/α-hetero) is 1. The molecule has 4 amide bonds. The van der Waals surface area contributed by atoms with E-state index >= 15 is 0 Å². The van der Waals surface area contributed by atoms with E-state index in [9.17, 15) is 58.5 Å². The van der Waals surface area contributed by atoms with Gasteiger partial charge in [0.25, 0.3) is 0 Å². The molecule has 4 atom stereocenters. The molecule has 10 N–H and O–H groups in total. The minimum atomic E-state index is -1.52. The molecule has 61 heavy (non-hydrogen) atoms. The zero-order valence-electron chi connectivity index (χ0n) is 36.4. The number of hydrogen-bond acceptors (Lipinski definition) is 10. The molecule has 18 heteroatoms. The van der Waals surface area contributed by atoms with E-state index in [-0.39, 0.29) is 69.6 Å². The van der Waals surface area contributed by atoms with E-state index in [0.717, 1.165) is 89.9 Å². The van der Waals surface area contributed by atoms with Crippen molar-refractivity contribution in [3.05, 3.63) is 0 Å². The first kappa shape index (κ1) is 56.4. The number of nitrogens with two attached hydrogens (primary N) is 1. The number of unbranched alkanes of at least 4 members (excludes halogenated alkanes) is 14. The van der Waals surface area contributed by atoms with E-state index in [4.69, 9.17) is 10.8 Å². The minimum absolute atomic E-state index is 0.192. The summed E-state index contributed by atoms with van der Waals surface area (Å²) < 4.78 is 0. The summed E-state index contributed by atoms with van der Waals surface area (Å²) in [6.45, 7) is 2.93. The lowest BCUT2D eigenvalue weighted by Crippen LogP contribution is -2.44. The lowest BCUT2D eigenvalue weighted by atomic mass is 9.94. The molecule has 0 radical (unpaired) electrons. The average molecular weight is 870 g/mol. The maximum absolute atomic E-state index is 12.6. The van der Waals surface area contributed by atoms with Gasteiger partial charge in [0, 0.05) is 51.6 Å². The van der Waals surface area contributed by atoms with Gasteiger partial charge in [-0.05, 0) is 57.8 Å². The third-order valence-electron chi connectivity index (χ3n) is 10.4. The highest BCUT2D eigenvalue weighted by atomic mass is 16.4. The predicted octanol–water partition coefficient (Wildman–Crippen LogP) is 4.59. The highest BCUT2D eigenvalue weighted by molar-refractivity contribution is 5.87. The number of aliphatic carboxylic acids is 4. The van der Waals surface area contributed by atoms with Gasteiger partial charge >= 0.3 is 23.9 Å². The molecule has 0 rings (SSSR count). The molecule has 0 aromatic heterocycles. The summed E-state index contributed by atoms with van der Waals surface area (Å²) in [6, 6.07) is -3.60. The Morgan fingerprint density at radius 3 is 1.38 bits per heavy atom. The molecule has 0 aliphatic heterocycles. The average Bonchev–Trinajstić information content (AvgIpc) is 3.20. The van der Waals surface area contributed by atoms with Gasteiger partial charge < -0.3 is 47.4 Å². The van der Waals surface area contributed by atoms with Gasteiger partial charge in [0.2, 0.25) is 23.6 Å². The van der Waals surface area contributed by atoms with Gasteiger partial charge in [-0.25, -0.2) is 9.59 Å². The lowest BCUT2D eigenvalue weighted by molar-refractivity contribution is -0.145. The van der Waals surface area contributed by atoms with E-state index in [1.54, 1.807) is 0 Å². The largest absolute Gasteiger partial charge is 0.481 e. The Kier molecular flexibility index (Phi) is 33.4. The molecule has 0 unspecified atom stereocenters. The predicted molar refractivity (Wildman–Crippen MR) is 227 cm³/mol. The van der Waals surface area contributed by atoms with Gasteiger partial charge in [0.1, 0.15) is 17.9 Å². The molecule has 350 valence electrons. The molecular weight excluding hydrogens is 794 g/mol. The minimum Gasteiger partial charge on any atom is -0.481 e. The first-order valence-electron chi connectivity index (χ1n) is 22.4. The second kappa shape index (κ2) is 36.1. The third kappa shape index (κ3) is 32.8. The molecule has 0 aromatic carbocycles. The fraction of sp³-hybridized carbons (Fsp3) is 0.791. The van der Waals surface area contributed by atoms with Crippen LogP contribution < -0.4 is 27.0 Å². The zero-order valence-corrected chi connectivity index (χ0v) is 36.4. The second-order valence-corrected chi connectivity index (χ2v) is 15.9. The van der Waals surface area contributed by atoms with E-state index in [0.29, 0.717) is 32.2 Å². The van der Waals surface area contributed by atoms with Crippen molar-refractivity contribution >= 4 is 53.3 Å². The maximum atomic E-state index is 12.6. The molecule has 0 saturated carbocycles. The normalized spacial score (nSPS) is 13.0. The molecule has 18 nitrogen and oxygen atoms in total. The summed E-state index contributed by atoms with van der Waals surface area (Å²) in [7, 11) is 0. The summed E-state index contributed by atoms with van der Waals surface area (Å²) >= 11 is 0. The van der Waals surface area contributed by atoms with Crippen molar-refractivity contribution < 1.29 is 63.6 Å². The summed E-state index contributed by atoms with van der Waals surface area (Å²) in [4.78, 5) is 108. The number of carboxylic acids is 4. The van der Waals surface area contributed by atoms with Crippen molar-refractivity contribution in [2.24, 2.45) is 11.7 Å². The lowest BCUT2D eigenvalue weighted by Gasteiger charge is -2.17. The van der Waals surface area contributed by atoms with Crippen LogP contribution in [-0.2, 0) is 43.2 Å². The Hall–Kier alpha value is -4.61. The van der Waals surface area contributed by atoms with Crippen LogP contribution in [0.4, 0.5) is 0 Å². The second-order valence-electron chi connectivity index (χ2n) is 15.9. The highest BCUT2D eigenvalue weighted by Gasteiger charge is 2.26. The van der Waals surface area contributed by atoms with Crippen LogP contribution in [0.2, 0.25) is 0 Å². The van der Waals surface area contributed by atoms with Crippen LogP contribution in [0, 0.1) is 5.92 Å². The first-order valence-corrected chi connectivity index (χ1v) is 22.4. The quantitative estimate of drug-likeness (QED) is 0.0380. The van der Waals surface area contributed by atoms with Crippen LogP contribution in [0.3, 0.4) is 0 Å². The molecule has 0 spiro atoms. The van der Waals surface area contributed by atoms with Crippen molar-refractivity contribution in [3.63, 3.8) is 0 Å². The van der Waals surface area contributed by atoms with Crippen LogP contribution in [0.5, 0.6) is 0 Å². The van der Waals surface area contributed by atoms with Gasteiger partial charge in [-0.2, -0.15) is 0 Å². The fourth-order valence-electron chi connectivity index (χ4n) is 6.61. The van der Waals surface area contributed by atoms with E-state index in [1.807, 2.05) is 0 Å². The number of carboxylic acid groups (broad SMARTS) is 4. The first-order chi connectivity index (χ1) is 29.1. The smallest absolute Gasteiger partial charge is 0.326 e. The van der Waals surface area contributed by atoms with Crippen LogP contribution in [0.25, 0.3) is 0 Å². The topological polar surface area (TPSA) is 309 Å². The van der Waals surface area contributed by atoms with Crippen LogP contribution in [0.1, 0.15) is 180 Å². The van der Waals surface area contributed by atoms with Gasteiger partial charge in [-0.15, -0.1) is 0 Å². The van der Waals surface area contributed by atoms with Crippen molar-refractivity contribution in [1.82, 2.24) is 21.3 Å². The van der Waals surface area contributed by atoms with Gasteiger partial charge in [0.15, 0.2) is 0 Å². The highest BCUT2D eigenvalue weighted by Crippen LogP contribution is 2.17. The molecule has 0 aliphatic rings. The van der Waals surface area contributed by atoms with E-state index < -0.39 is 72.1 Å². The summed E-state index contributed by atoms with van der Waals surface area (Å²) in [6.07, 6.45) is 14.7. The van der Waals surface area contributed by atoms with Crippen LogP contribution in [0.15, 0.2) is 0 Å². The van der Waals surface area contributed by atoms with Gasteiger partial charge in [-0.3, -0.25) is 33.6 Å². The van der Waals surface area contributed by atoms with Gasteiger partial charge in [-0.1, -0.05) is 84.0 Å². The Labute approximate surface area is 360 Å². The summed E-state index contributed by atoms with van der Waals surface area (Å²) in [5.74, 6) is -8.42. The zero-order chi connectivity index (χ0) is 45.8. The van der Waals surface area contributed by atoms with Crippen molar-refractivity contribution in [1.29, 1.82) is 0 Å². The van der Waals surface area contributed by atoms with E-state index in [1.165, 1.54) is 0 Å². The standard InChI is InChI=1S/C43H75N5O13/c1-2-3-17-29-46-40(55)33(44)20-16-18-28-45-36(50)26-23-34(42(58)59)48-38(52)27-24-35(43(60)61)47-37(51)25-22-31(41(56)57)30-32(49)19-14-12-10-8-6-4-5-7-9-11-13-15-21-39(53)54/h31,33-35H,2-30,44H2,1H3,(H,45,50)(H,46,55)(H,47,51)(H,48,52)(H,53,54)(H,56,57)(H,58,59)(H,60,61)/t31-,33+,34+,35+/m1/s1. The number of rotatable bonds is 41. The molecule has 0 aliphatic carbocycles. The molecule has 0 bridgehead atoms. The SMILES string of the molecule is CCCCCNC(=O)[C@@H](N)CCCCNC(=O)CC[C@H](NC(=O)CC[C@H](NC(=O)CC[C@H](CC(=O)CCCCCCCCCCCCCCC(=O)O)C(=O)O)C(=O)O)C(=O)O. The van der Waals surface area contributed by atoms with Gasteiger partial charge in [0.05, 0.1) is 12.0 Å². The fourth-order valence-corrected chi connectivity index (χ4v) is 6.61. The third-order valence-corrected chi connectivity index (χ3v) is 10.4. The molecule has 0 fully saturated rings. The number of ketones is 1. The maximum Gasteiger partial charge on any atom is 0.326 e. The monoisotopic (exact) mass is 870 g/mol. The van der Waals surface area contributed by atoms with Crippen LogP contribution in [-0.4, -0.2) is 105 Å². The van der Waals surface area contributed by atoms with Crippen molar-refractivity contribution in [2.75, 3.05) is 13.1 Å². The number of nitrogens with one attached hydrogen (secondary N) is 4. The number of carbonyl (C=O) groups excluding carboxylic acids is 5. The van der Waals surface area contributed by atoms with E-state index in [2.05, 4.69) is 28.2 Å².